The van der Waals surface area contributed by atoms with Gasteiger partial charge in [-0.15, -0.1) is 0 Å². The molecule has 0 spiro atoms. The highest BCUT2D eigenvalue weighted by molar-refractivity contribution is 7.99. The van der Waals surface area contributed by atoms with Crippen LogP contribution < -0.4 is 10.1 Å². The molecule has 1 fully saturated rings. The predicted molar refractivity (Wildman–Crippen MR) is 112 cm³/mol. The lowest BCUT2D eigenvalue weighted by molar-refractivity contribution is 0.244. The maximum absolute atomic E-state index is 6.29. The second-order valence-corrected chi connectivity index (χ2v) is 9.16. The summed E-state index contributed by atoms with van der Waals surface area (Å²) in [5.41, 5.74) is 4.25. The van der Waals surface area contributed by atoms with Gasteiger partial charge in [0.1, 0.15) is 5.75 Å². The molecular weight excluding hydrogens is 352 g/mol. The van der Waals surface area contributed by atoms with E-state index in [2.05, 4.69) is 73.2 Å². The summed E-state index contributed by atoms with van der Waals surface area (Å²) in [6.07, 6.45) is 3.81. The van der Waals surface area contributed by atoms with Gasteiger partial charge in [-0.05, 0) is 56.5 Å². The smallest absolute Gasteiger partial charge is 0.145 e. The number of aryl methyl sites for hydroxylation is 1. The largest absolute Gasteiger partial charge is 0.489 e. The van der Waals surface area contributed by atoms with E-state index < -0.39 is 0 Å². The van der Waals surface area contributed by atoms with E-state index >= 15 is 0 Å². The molecular formula is C23H26N2OS. The van der Waals surface area contributed by atoms with Gasteiger partial charge in [0.2, 0.25) is 0 Å². The average molecular weight is 379 g/mol. The van der Waals surface area contributed by atoms with E-state index in [1.807, 2.05) is 11.8 Å². The highest BCUT2D eigenvalue weighted by atomic mass is 32.2. The Morgan fingerprint density at radius 2 is 1.93 bits per heavy atom. The molecule has 1 aromatic heterocycles. The first-order valence-corrected chi connectivity index (χ1v) is 10.7. The number of fused-ring (bicyclic) bond motifs is 6. The third-order valence-corrected chi connectivity index (χ3v) is 6.74. The Bertz CT molecular complexity index is 993. The number of benzene rings is 2. The van der Waals surface area contributed by atoms with Crippen molar-refractivity contribution in [2.75, 3.05) is 0 Å². The van der Waals surface area contributed by atoms with Gasteiger partial charge in [0, 0.05) is 46.4 Å². The highest BCUT2D eigenvalue weighted by Crippen LogP contribution is 2.45. The molecule has 3 nitrogen and oxygen atoms in total. The molecule has 0 radical (unpaired) electrons. The van der Waals surface area contributed by atoms with E-state index in [4.69, 9.17) is 4.74 Å². The lowest BCUT2D eigenvalue weighted by Crippen LogP contribution is -2.32. The van der Waals surface area contributed by atoms with Crippen LogP contribution in [0.1, 0.15) is 44.0 Å². The molecule has 4 heteroatoms. The van der Waals surface area contributed by atoms with Crippen LogP contribution in [0, 0.1) is 0 Å². The van der Waals surface area contributed by atoms with E-state index in [-0.39, 0.29) is 6.10 Å². The van der Waals surface area contributed by atoms with Crippen molar-refractivity contribution in [3.05, 3.63) is 53.7 Å². The van der Waals surface area contributed by atoms with Gasteiger partial charge in [-0.3, -0.25) is 0 Å². The molecule has 3 aromatic rings. The van der Waals surface area contributed by atoms with Crippen molar-refractivity contribution < 1.29 is 4.74 Å². The van der Waals surface area contributed by atoms with Crippen LogP contribution in [0.2, 0.25) is 0 Å². The van der Waals surface area contributed by atoms with E-state index in [1.165, 1.54) is 44.8 Å². The van der Waals surface area contributed by atoms with Crippen molar-refractivity contribution >= 4 is 22.7 Å². The van der Waals surface area contributed by atoms with Gasteiger partial charge in [-0.2, -0.15) is 0 Å². The first-order chi connectivity index (χ1) is 13.1. The summed E-state index contributed by atoms with van der Waals surface area (Å²) in [5, 5.41) is 5.18. The summed E-state index contributed by atoms with van der Waals surface area (Å²) in [6, 6.07) is 16.3. The zero-order valence-electron chi connectivity index (χ0n) is 16.2. The van der Waals surface area contributed by atoms with Crippen molar-refractivity contribution in [2.45, 2.75) is 61.1 Å². The van der Waals surface area contributed by atoms with Crippen molar-refractivity contribution in [1.82, 2.24) is 9.88 Å². The quantitative estimate of drug-likeness (QED) is 0.652. The van der Waals surface area contributed by atoms with Gasteiger partial charge in [-0.1, -0.05) is 30.0 Å². The normalized spacial score (nSPS) is 21.0. The third-order valence-electron chi connectivity index (χ3n) is 5.76. The highest BCUT2D eigenvalue weighted by Gasteiger charge is 2.36. The molecule has 0 aliphatic carbocycles. The number of rotatable bonds is 4. The van der Waals surface area contributed by atoms with E-state index in [1.54, 1.807) is 0 Å². The van der Waals surface area contributed by atoms with Crippen molar-refractivity contribution in [3.63, 3.8) is 0 Å². The Kier molecular flexibility index (Phi) is 4.21. The minimum Gasteiger partial charge on any atom is -0.489 e. The topological polar surface area (TPSA) is 26.2 Å². The van der Waals surface area contributed by atoms with Crippen LogP contribution in [0.4, 0.5) is 0 Å². The summed E-state index contributed by atoms with van der Waals surface area (Å²) in [4.78, 5) is 2.51. The second kappa shape index (κ2) is 6.61. The molecule has 2 aliphatic rings. The van der Waals surface area contributed by atoms with E-state index in [9.17, 15) is 0 Å². The van der Waals surface area contributed by atoms with Crippen LogP contribution in [-0.2, 0) is 13.5 Å². The van der Waals surface area contributed by atoms with Gasteiger partial charge >= 0.3 is 0 Å². The van der Waals surface area contributed by atoms with Gasteiger partial charge in [-0.25, -0.2) is 0 Å². The van der Waals surface area contributed by atoms with Crippen molar-refractivity contribution in [3.8, 4) is 5.75 Å². The molecule has 0 saturated carbocycles. The lowest BCUT2D eigenvalue weighted by Gasteiger charge is -2.23. The van der Waals surface area contributed by atoms with Crippen LogP contribution in [0.5, 0.6) is 5.75 Å². The second-order valence-electron chi connectivity index (χ2n) is 8.02. The maximum Gasteiger partial charge on any atom is 0.145 e. The molecule has 27 heavy (non-hydrogen) atoms. The Labute approximate surface area is 165 Å². The van der Waals surface area contributed by atoms with Crippen LogP contribution in [0.25, 0.3) is 10.9 Å². The number of aromatic nitrogens is 1. The zero-order valence-corrected chi connectivity index (χ0v) is 17.0. The van der Waals surface area contributed by atoms with Crippen LogP contribution >= 0.6 is 11.8 Å². The first kappa shape index (κ1) is 17.2. The molecule has 2 aliphatic heterocycles. The average Bonchev–Trinajstić information content (AvgIpc) is 3.15. The molecule has 3 heterocycles. The Morgan fingerprint density at radius 3 is 2.70 bits per heavy atom. The van der Waals surface area contributed by atoms with Crippen LogP contribution in [0.3, 0.4) is 0 Å². The molecule has 140 valence electrons. The summed E-state index contributed by atoms with van der Waals surface area (Å²) < 4.78 is 8.68. The fraction of sp³-hybridized carbons (Fsp3) is 0.391. The summed E-state index contributed by atoms with van der Waals surface area (Å²) >= 11 is 1.81. The molecule has 0 amide bonds. The lowest BCUT2D eigenvalue weighted by atomic mass is 9.99. The predicted octanol–water partition coefficient (Wildman–Crippen LogP) is 5.47. The Hall–Kier alpha value is -1.91. The minimum absolute atomic E-state index is 0.159. The molecule has 1 saturated heterocycles. The molecule has 2 aromatic carbocycles. The Morgan fingerprint density at radius 1 is 1.11 bits per heavy atom. The fourth-order valence-electron chi connectivity index (χ4n) is 4.71. The van der Waals surface area contributed by atoms with Crippen LogP contribution in [-0.4, -0.2) is 16.7 Å². The fourth-order valence-corrected chi connectivity index (χ4v) is 5.62. The number of ether oxygens (including phenoxy) is 1. The van der Waals surface area contributed by atoms with Gasteiger partial charge in [0.25, 0.3) is 0 Å². The third kappa shape index (κ3) is 2.95. The number of hydrogen-bond acceptors (Lipinski definition) is 3. The molecule has 2 unspecified atom stereocenters. The standard InChI is InChI=1S/C23H26N2OS/c1-14(2)26-21-13-17(27-16-7-5-4-6-8-16)12-18-22-19-10-9-15(24-19)11-20(22)25(3)23(18)21/h4-8,12-15,19,24H,9-11H2,1-3H3. The van der Waals surface area contributed by atoms with Crippen molar-refractivity contribution in [1.29, 1.82) is 0 Å². The van der Waals surface area contributed by atoms with Crippen molar-refractivity contribution in [2.24, 2.45) is 7.05 Å². The number of nitrogens with one attached hydrogen (secondary N) is 1. The molecule has 5 rings (SSSR count). The molecule has 2 atom stereocenters. The van der Waals surface area contributed by atoms with Gasteiger partial charge < -0.3 is 14.6 Å². The number of nitrogens with zero attached hydrogens (tertiary/aromatic N) is 1. The molecule has 1 N–H and O–H groups in total. The number of hydrogen-bond donors (Lipinski definition) is 1. The summed E-state index contributed by atoms with van der Waals surface area (Å²) in [5.74, 6) is 1.01. The zero-order chi connectivity index (χ0) is 18.5. The SMILES string of the molecule is CC(C)Oc1cc(Sc2ccccc2)cc2c3c(n(C)c12)CC1CCC3N1. The van der Waals surface area contributed by atoms with E-state index in [0.717, 1.165) is 12.2 Å². The monoisotopic (exact) mass is 378 g/mol. The minimum atomic E-state index is 0.159. The van der Waals surface area contributed by atoms with Crippen LogP contribution in [0.15, 0.2) is 52.3 Å². The van der Waals surface area contributed by atoms with E-state index in [0.29, 0.717) is 12.1 Å². The maximum atomic E-state index is 6.29. The summed E-state index contributed by atoms with van der Waals surface area (Å²) in [6.45, 7) is 4.21. The Balaban J connectivity index is 1.69. The molecule has 2 bridgehead atoms. The van der Waals surface area contributed by atoms with Gasteiger partial charge in [0.05, 0.1) is 11.6 Å². The first-order valence-electron chi connectivity index (χ1n) is 9.91. The summed E-state index contributed by atoms with van der Waals surface area (Å²) in [7, 11) is 2.21. The van der Waals surface area contributed by atoms with Gasteiger partial charge in [0.15, 0.2) is 0 Å².